The van der Waals surface area contributed by atoms with Gasteiger partial charge < -0.3 is 9.47 Å². The summed E-state index contributed by atoms with van der Waals surface area (Å²) in [5, 5.41) is 0.675. The number of hydrogen-bond donors (Lipinski definition) is 0. The summed E-state index contributed by atoms with van der Waals surface area (Å²) in [6, 6.07) is 6.05. The van der Waals surface area contributed by atoms with Gasteiger partial charge in [-0.05, 0) is 23.1 Å². The van der Waals surface area contributed by atoms with Gasteiger partial charge in [0.15, 0.2) is 0 Å². The van der Waals surface area contributed by atoms with Crippen molar-refractivity contribution in [2.75, 3.05) is 0 Å². The van der Waals surface area contributed by atoms with Crippen molar-refractivity contribution >= 4 is 11.6 Å². The average molecular weight is 267 g/mol. The molecule has 1 heterocycles. The summed E-state index contributed by atoms with van der Waals surface area (Å²) in [4.78, 5) is 0. The summed E-state index contributed by atoms with van der Waals surface area (Å²) in [7, 11) is 0. The number of ether oxygens (including phenoxy) is 2. The number of hydrogen-bond acceptors (Lipinski definition) is 2. The lowest BCUT2D eigenvalue weighted by Crippen LogP contribution is -2.27. The highest BCUT2D eigenvalue weighted by atomic mass is 35.5. The fourth-order valence-electron chi connectivity index (χ4n) is 2.07. The van der Waals surface area contributed by atoms with Gasteiger partial charge in [-0.2, -0.15) is 0 Å². The van der Waals surface area contributed by atoms with Crippen molar-refractivity contribution in [1.82, 2.24) is 0 Å². The van der Waals surface area contributed by atoms with Crippen LogP contribution in [0.2, 0.25) is 5.02 Å². The Kier molecular flexibility index (Phi) is 3.33. The van der Waals surface area contributed by atoms with Crippen LogP contribution in [-0.4, -0.2) is 0 Å². The third-order valence-corrected chi connectivity index (χ3v) is 3.61. The standard InChI is InChI=1S/C15H19ClO2/c1-5-15(17-8-9-18-15)12-10-11(14(2,3)4)6-7-13(12)16/h6-10H,5H2,1-4H3. The minimum Gasteiger partial charge on any atom is -0.453 e. The summed E-state index contributed by atoms with van der Waals surface area (Å²) in [5.74, 6) is -0.766. The Bertz CT molecular complexity index is 464. The largest absolute Gasteiger partial charge is 0.453 e. The minimum absolute atomic E-state index is 0.0697. The van der Waals surface area contributed by atoms with E-state index in [2.05, 4.69) is 32.9 Å². The van der Waals surface area contributed by atoms with E-state index in [-0.39, 0.29) is 5.41 Å². The van der Waals surface area contributed by atoms with Crippen LogP contribution >= 0.6 is 11.6 Å². The van der Waals surface area contributed by atoms with Gasteiger partial charge >= 0.3 is 0 Å². The molecule has 0 spiro atoms. The molecule has 2 rings (SSSR count). The van der Waals surface area contributed by atoms with Gasteiger partial charge in [0.1, 0.15) is 12.5 Å². The van der Waals surface area contributed by atoms with Gasteiger partial charge in [0.2, 0.25) is 0 Å². The molecule has 0 amide bonds. The molecule has 18 heavy (non-hydrogen) atoms. The van der Waals surface area contributed by atoms with Crippen molar-refractivity contribution in [2.45, 2.75) is 45.3 Å². The van der Waals surface area contributed by atoms with Crippen LogP contribution in [0.1, 0.15) is 45.2 Å². The third kappa shape index (κ3) is 2.22. The van der Waals surface area contributed by atoms with E-state index >= 15 is 0 Å². The summed E-state index contributed by atoms with van der Waals surface area (Å²) in [6.45, 7) is 8.54. The smallest absolute Gasteiger partial charge is 0.277 e. The molecule has 0 aromatic heterocycles. The number of halogens is 1. The lowest BCUT2D eigenvalue weighted by molar-refractivity contribution is -0.151. The van der Waals surface area contributed by atoms with Gasteiger partial charge in [-0.25, -0.2) is 0 Å². The Morgan fingerprint density at radius 1 is 1.17 bits per heavy atom. The highest BCUT2D eigenvalue weighted by Gasteiger charge is 2.38. The van der Waals surface area contributed by atoms with E-state index in [1.807, 2.05) is 13.0 Å². The van der Waals surface area contributed by atoms with Gasteiger partial charge in [0.25, 0.3) is 5.79 Å². The van der Waals surface area contributed by atoms with E-state index < -0.39 is 5.79 Å². The van der Waals surface area contributed by atoms with E-state index in [0.29, 0.717) is 11.4 Å². The second kappa shape index (κ2) is 4.51. The first-order valence-electron chi connectivity index (χ1n) is 6.20. The topological polar surface area (TPSA) is 18.5 Å². The Morgan fingerprint density at radius 2 is 1.78 bits per heavy atom. The zero-order chi connectivity index (χ0) is 13.4. The van der Waals surface area contributed by atoms with Gasteiger partial charge in [-0.1, -0.05) is 45.4 Å². The lowest BCUT2D eigenvalue weighted by Gasteiger charge is -2.29. The van der Waals surface area contributed by atoms with Crippen LogP contribution in [0.4, 0.5) is 0 Å². The van der Waals surface area contributed by atoms with Crippen LogP contribution in [-0.2, 0) is 20.7 Å². The van der Waals surface area contributed by atoms with Gasteiger partial charge in [-0.3, -0.25) is 0 Å². The average Bonchev–Trinajstić information content (AvgIpc) is 2.77. The molecule has 1 aromatic carbocycles. The molecule has 0 radical (unpaired) electrons. The Balaban J connectivity index is 2.50. The Hall–Kier alpha value is -1.15. The SMILES string of the molecule is CCC1(c2cc(C(C)(C)C)ccc2Cl)OC=CO1. The van der Waals surface area contributed by atoms with Crippen molar-refractivity contribution in [3.63, 3.8) is 0 Å². The molecule has 98 valence electrons. The summed E-state index contributed by atoms with van der Waals surface area (Å²) in [5.41, 5.74) is 2.18. The fourth-order valence-corrected chi connectivity index (χ4v) is 2.33. The monoisotopic (exact) mass is 266 g/mol. The first-order valence-corrected chi connectivity index (χ1v) is 6.58. The molecule has 1 aliphatic heterocycles. The van der Waals surface area contributed by atoms with Crippen LogP contribution in [0.15, 0.2) is 30.7 Å². The minimum atomic E-state index is -0.766. The van der Waals surface area contributed by atoms with Crippen LogP contribution < -0.4 is 0 Å². The zero-order valence-corrected chi connectivity index (χ0v) is 12.0. The fraction of sp³-hybridized carbons (Fsp3) is 0.467. The lowest BCUT2D eigenvalue weighted by atomic mass is 9.85. The maximum Gasteiger partial charge on any atom is 0.277 e. The molecule has 0 atom stereocenters. The van der Waals surface area contributed by atoms with E-state index in [1.54, 1.807) is 12.5 Å². The van der Waals surface area contributed by atoms with Crippen LogP contribution in [0.5, 0.6) is 0 Å². The molecule has 3 heteroatoms. The van der Waals surface area contributed by atoms with Crippen molar-refractivity contribution in [3.05, 3.63) is 46.9 Å². The first kappa shape index (κ1) is 13.3. The zero-order valence-electron chi connectivity index (χ0n) is 11.3. The Morgan fingerprint density at radius 3 is 2.28 bits per heavy atom. The highest BCUT2D eigenvalue weighted by molar-refractivity contribution is 6.31. The summed E-state index contributed by atoms with van der Waals surface area (Å²) < 4.78 is 11.3. The maximum atomic E-state index is 6.31. The molecule has 0 bridgehead atoms. The molecule has 0 aliphatic carbocycles. The highest BCUT2D eigenvalue weighted by Crippen LogP contribution is 2.40. The predicted octanol–water partition coefficient (Wildman–Crippen LogP) is 4.72. The van der Waals surface area contributed by atoms with E-state index in [1.165, 1.54) is 5.56 Å². The Labute approximate surface area is 114 Å². The van der Waals surface area contributed by atoms with Crippen molar-refractivity contribution in [3.8, 4) is 0 Å². The number of rotatable bonds is 2. The maximum absolute atomic E-state index is 6.31. The van der Waals surface area contributed by atoms with Crippen LogP contribution in [0.3, 0.4) is 0 Å². The van der Waals surface area contributed by atoms with E-state index in [4.69, 9.17) is 21.1 Å². The second-order valence-electron chi connectivity index (χ2n) is 5.56. The van der Waals surface area contributed by atoms with E-state index in [0.717, 1.165) is 5.56 Å². The normalized spacial score (nSPS) is 17.4. The molecule has 0 N–H and O–H groups in total. The van der Waals surface area contributed by atoms with E-state index in [9.17, 15) is 0 Å². The molecule has 1 aromatic rings. The van der Waals surface area contributed by atoms with Crippen molar-refractivity contribution in [2.24, 2.45) is 0 Å². The van der Waals surface area contributed by atoms with Crippen molar-refractivity contribution in [1.29, 1.82) is 0 Å². The molecule has 0 saturated carbocycles. The third-order valence-electron chi connectivity index (χ3n) is 3.28. The molecule has 0 unspecified atom stereocenters. The molecule has 0 saturated heterocycles. The summed E-state index contributed by atoms with van der Waals surface area (Å²) >= 11 is 6.31. The van der Waals surface area contributed by atoms with Crippen LogP contribution in [0, 0.1) is 0 Å². The first-order chi connectivity index (χ1) is 8.39. The molecule has 1 aliphatic rings. The molecular formula is C15H19ClO2. The van der Waals surface area contributed by atoms with Gasteiger partial charge in [0, 0.05) is 6.42 Å². The van der Waals surface area contributed by atoms with Gasteiger partial charge in [-0.15, -0.1) is 0 Å². The quantitative estimate of drug-likeness (QED) is 0.771. The molecule has 2 nitrogen and oxygen atoms in total. The molecular weight excluding hydrogens is 248 g/mol. The molecule has 0 fully saturated rings. The number of benzene rings is 1. The van der Waals surface area contributed by atoms with Gasteiger partial charge in [0.05, 0.1) is 10.6 Å². The van der Waals surface area contributed by atoms with Crippen molar-refractivity contribution < 1.29 is 9.47 Å². The van der Waals surface area contributed by atoms with Crippen LogP contribution in [0.25, 0.3) is 0 Å². The summed E-state index contributed by atoms with van der Waals surface area (Å²) in [6.07, 6.45) is 3.85. The predicted molar refractivity (Wildman–Crippen MR) is 73.4 cm³/mol. The second-order valence-corrected chi connectivity index (χ2v) is 5.97.